The van der Waals surface area contributed by atoms with Crippen molar-refractivity contribution in [3.05, 3.63) is 47.7 Å². The predicted octanol–water partition coefficient (Wildman–Crippen LogP) is 3.71. The first-order chi connectivity index (χ1) is 13.9. The molecule has 0 aliphatic carbocycles. The lowest BCUT2D eigenvalue weighted by molar-refractivity contribution is 0.397. The maximum atomic E-state index is 12.1. The Morgan fingerprint density at radius 2 is 2.00 bits per heavy atom. The average Bonchev–Trinajstić information content (AvgIpc) is 2.69. The van der Waals surface area contributed by atoms with Crippen LogP contribution in [-0.4, -0.2) is 31.2 Å². The molecule has 0 bridgehead atoms. The maximum absolute atomic E-state index is 12.1. The fourth-order valence-corrected chi connectivity index (χ4v) is 3.97. The molecule has 0 amide bonds. The zero-order valence-corrected chi connectivity index (χ0v) is 17.2. The Labute approximate surface area is 169 Å². The number of nitriles is 1. The first-order valence-electron chi connectivity index (χ1n) is 8.99. The van der Waals surface area contributed by atoms with Gasteiger partial charge in [0, 0.05) is 5.69 Å². The molecule has 9 heteroatoms. The van der Waals surface area contributed by atoms with Crippen LogP contribution in [0.1, 0.15) is 24.5 Å². The minimum Gasteiger partial charge on any atom is -0.480 e. The Morgan fingerprint density at radius 3 is 2.69 bits per heavy atom. The van der Waals surface area contributed by atoms with Crippen molar-refractivity contribution < 1.29 is 13.2 Å². The fourth-order valence-electron chi connectivity index (χ4n) is 2.84. The van der Waals surface area contributed by atoms with E-state index < -0.39 is 10.0 Å². The van der Waals surface area contributed by atoms with Gasteiger partial charge in [-0.3, -0.25) is 4.72 Å². The number of anilines is 3. The van der Waals surface area contributed by atoms with E-state index in [1.807, 2.05) is 19.9 Å². The lowest BCUT2D eigenvalue weighted by Crippen LogP contribution is -2.16. The van der Waals surface area contributed by atoms with Gasteiger partial charge in [-0.25, -0.2) is 18.4 Å². The minimum atomic E-state index is -3.40. The van der Waals surface area contributed by atoms with E-state index >= 15 is 0 Å². The van der Waals surface area contributed by atoms with Gasteiger partial charge in [0.25, 0.3) is 0 Å². The van der Waals surface area contributed by atoms with Crippen molar-refractivity contribution >= 4 is 38.1 Å². The summed E-state index contributed by atoms with van der Waals surface area (Å²) >= 11 is 0. The number of sulfonamides is 1. The number of methoxy groups -OCH3 is 1. The van der Waals surface area contributed by atoms with Crippen LogP contribution in [-0.2, 0) is 10.0 Å². The van der Waals surface area contributed by atoms with Crippen molar-refractivity contribution in [2.75, 3.05) is 22.9 Å². The van der Waals surface area contributed by atoms with Gasteiger partial charge in [-0.2, -0.15) is 5.26 Å². The smallest absolute Gasteiger partial charge is 0.232 e. The molecule has 3 rings (SSSR count). The summed E-state index contributed by atoms with van der Waals surface area (Å²) in [5, 5.41) is 12.9. The molecule has 0 radical (unpaired) electrons. The van der Waals surface area contributed by atoms with E-state index in [1.165, 1.54) is 13.3 Å². The number of aryl methyl sites for hydroxylation is 1. The average molecular weight is 411 g/mol. The van der Waals surface area contributed by atoms with E-state index in [0.29, 0.717) is 46.0 Å². The molecule has 0 atom stereocenters. The normalized spacial score (nSPS) is 11.1. The summed E-state index contributed by atoms with van der Waals surface area (Å²) in [6.45, 7) is 3.70. The maximum Gasteiger partial charge on any atom is 0.232 e. The molecule has 1 heterocycles. The third-order valence-corrected chi connectivity index (χ3v) is 5.76. The molecule has 0 aliphatic rings. The highest BCUT2D eigenvalue weighted by atomic mass is 32.2. The highest BCUT2D eigenvalue weighted by molar-refractivity contribution is 7.92. The molecule has 150 valence electrons. The van der Waals surface area contributed by atoms with Crippen molar-refractivity contribution in [3.63, 3.8) is 0 Å². The van der Waals surface area contributed by atoms with Crippen molar-refractivity contribution in [1.29, 1.82) is 5.26 Å². The molecule has 0 unspecified atom stereocenters. The van der Waals surface area contributed by atoms with Crippen molar-refractivity contribution in [3.8, 4) is 11.9 Å². The molecule has 0 spiro atoms. The topological polar surface area (TPSA) is 117 Å². The fraction of sp³-hybridized carbons (Fsp3) is 0.250. The summed E-state index contributed by atoms with van der Waals surface area (Å²) in [4.78, 5) is 8.59. The molecular formula is C20H21N5O3S. The van der Waals surface area contributed by atoms with Crippen LogP contribution in [0.2, 0.25) is 0 Å². The number of aromatic nitrogens is 2. The molecule has 0 fully saturated rings. The van der Waals surface area contributed by atoms with Crippen LogP contribution in [0.4, 0.5) is 17.1 Å². The first-order valence-corrected chi connectivity index (χ1v) is 10.6. The van der Waals surface area contributed by atoms with Gasteiger partial charge in [0.1, 0.15) is 17.1 Å². The molecule has 1 aromatic heterocycles. The Balaban J connectivity index is 2.00. The number of hydrogen-bond donors (Lipinski definition) is 2. The number of hydrogen-bond acceptors (Lipinski definition) is 7. The lowest BCUT2D eigenvalue weighted by atomic mass is 10.1. The largest absolute Gasteiger partial charge is 0.480 e. The Morgan fingerprint density at radius 1 is 1.21 bits per heavy atom. The first kappa shape index (κ1) is 20.4. The Hall–Kier alpha value is -3.38. The van der Waals surface area contributed by atoms with Crippen LogP contribution in [0.25, 0.3) is 11.0 Å². The van der Waals surface area contributed by atoms with E-state index in [2.05, 4.69) is 26.1 Å². The predicted molar refractivity (Wildman–Crippen MR) is 113 cm³/mol. The van der Waals surface area contributed by atoms with Crippen LogP contribution in [0.3, 0.4) is 0 Å². The number of ether oxygens (including phenoxy) is 1. The van der Waals surface area contributed by atoms with Crippen LogP contribution in [0, 0.1) is 18.3 Å². The number of rotatable bonds is 7. The van der Waals surface area contributed by atoms with Gasteiger partial charge < -0.3 is 10.1 Å². The second-order valence-corrected chi connectivity index (χ2v) is 8.30. The van der Waals surface area contributed by atoms with Gasteiger partial charge >= 0.3 is 0 Å². The van der Waals surface area contributed by atoms with E-state index in [9.17, 15) is 13.7 Å². The molecule has 0 saturated heterocycles. The van der Waals surface area contributed by atoms with Gasteiger partial charge in [-0.05, 0) is 43.2 Å². The highest BCUT2D eigenvalue weighted by Crippen LogP contribution is 2.30. The zero-order valence-electron chi connectivity index (χ0n) is 16.4. The van der Waals surface area contributed by atoms with Crippen molar-refractivity contribution in [2.24, 2.45) is 0 Å². The summed E-state index contributed by atoms with van der Waals surface area (Å²) < 4.78 is 31.8. The third-order valence-electron chi connectivity index (χ3n) is 4.27. The Kier molecular flexibility index (Phi) is 5.84. The van der Waals surface area contributed by atoms with Gasteiger partial charge in [0.05, 0.1) is 36.0 Å². The standard InChI is InChI=1S/C20H21N5O3S/c1-4-9-29(26,27)25-14-6-5-13(2)18(10-14)23-16-7-8-17-20(15(16)11-21)24-19(28-3)12-22-17/h5-8,10,12,23,25H,4,9H2,1-3H3. The molecule has 0 aliphatic heterocycles. The zero-order chi connectivity index (χ0) is 21.0. The number of nitrogens with one attached hydrogen (secondary N) is 2. The summed E-state index contributed by atoms with van der Waals surface area (Å²) in [5.74, 6) is 0.364. The summed E-state index contributed by atoms with van der Waals surface area (Å²) in [6, 6.07) is 10.9. The Bertz CT molecular complexity index is 1200. The molecule has 2 N–H and O–H groups in total. The van der Waals surface area contributed by atoms with Crippen LogP contribution in [0.5, 0.6) is 5.88 Å². The van der Waals surface area contributed by atoms with Crippen LogP contribution >= 0.6 is 0 Å². The second-order valence-electron chi connectivity index (χ2n) is 6.46. The molecule has 8 nitrogen and oxygen atoms in total. The minimum absolute atomic E-state index is 0.0490. The summed E-state index contributed by atoms with van der Waals surface area (Å²) in [6.07, 6.45) is 2.02. The molecule has 0 saturated carbocycles. The summed E-state index contributed by atoms with van der Waals surface area (Å²) in [7, 11) is -1.91. The van der Waals surface area contributed by atoms with Crippen molar-refractivity contribution in [2.45, 2.75) is 20.3 Å². The SMILES string of the molecule is CCCS(=O)(=O)Nc1ccc(C)c(Nc2ccc3ncc(OC)nc3c2C#N)c1. The number of fused-ring (bicyclic) bond motifs is 1. The van der Waals surface area contributed by atoms with E-state index in [4.69, 9.17) is 4.74 Å². The van der Waals surface area contributed by atoms with E-state index in [-0.39, 0.29) is 5.75 Å². The van der Waals surface area contributed by atoms with Gasteiger partial charge in [0.2, 0.25) is 15.9 Å². The quantitative estimate of drug-likeness (QED) is 0.608. The molecular weight excluding hydrogens is 390 g/mol. The number of benzene rings is 2. The second kappa shape index (κ2) is 8.32. The third kappa shape index (κ3) is 4.55. The van der Waals surface area contributed by atoms with E-state index in [1.54, 1.807) is 24.3 Å². The van der Waals surface area contributed by atoms with Gasteiger partial charge in [-0.1, -0.05) is 13.0 Å². The highest BCUT2D eigenvalue weighted by Gasteiger charge is 2.14. The molecule has 2 aromatic carbocycles. The molecule has 3 aromatic rings. The monoisotopic (exact) mass is 411 g/mol. The van der Waals surface area contributed by atoms with E-state index in [0.717, 1.165) is 5.56 Å². The van der Waals surface area contributed by atoms with Gasteiger partial charge in [0.15, 0.2) is 0 Å². The van der Waals surface area contributed by atoms with Crippen molar-refractivity contribution in [1.82, 2.24) is 9.97 Å². The van der Waals surface area contributed by atoms with Crippen LogP contribution < -0.4 is 14.8 Å². The van der Waals surface area contributed by atoms with Crippen LogP contribution in [0.15, 0.2) is 36.5 Å². The lowest BCUT2D eigenvalue weighted by Gasteiger charge is -2.14. The van der Waals surface area contributed by atoms with Gasteiger partial charge in [-0.15, -0.1) is 0 Å². The summed E-state index contributed by atoms with van der Waals surface area (Å²) in [5.41, 5.74) is 3.88. The number of nitrogens with zero attached hydrogens (tertiary/aromatic N) is 3. The molecule has 29 heavy (non-hydrogen) atoms.